The number of halogens is 3. The van der Waals surface area contributed by atoms with Crippen LogP contribution in [-0.4, -0.2) is 38.4 Å². The fourth-order valence-corrected chi connectivity index (χ4v) is 6.01. The molecule has 3 aromatic carbocycles. The summed E-state index contributed by atoms with van der Waals surface area (Å²) in [4.78, 5) is 22.6. The zero-order chi connectivity index (χ0) is 27.6. The molecule has 3 heterocycles. The van der Waals surface area contributed by atoms with E-state index in [0.717, 1.165) is 71.2 Å². The highest BCUT2D eigenvalue weighted by atomic mass is 19.4. The number of nitrogens with zero attached hydrogens (tertiary/aromatic N) is 3. The Kier molecular flexibility index (Phi) is 5.77. The second kappa shape index (κ2) is 9.25. The molecule has 2 fully saturated rings. The molecule has 0 radical (unpaired) electrons. The summed E-state index contributed by atoms with van der Waals surface area (Å²) in [6.07, 6.45) is -1.61. The van der Waals surface area contributed by atoms with Crippen LogP contribution in [0.3, 0.4) is 0 Å². The molecule has 2 aliphatic rings. The second-order valence-electron chi connectivity index (χ2n) is 11.3. The summed E-state index contributed by atoms with van der Waals surface area (Å²) >= 11 is 0. The van der Waals surface area contributed by atoms with Crippen molar-refractivity contribution in [3.8, 4) is 22.5 Å². The summed E-state index contributed by atoms with van der Waals surface area (Å²) in [5, 5.41) is 1.15. The number of benzene rings is 3. The number of carbonyl (C=O) groups excluding carboxylic acids is 1. The standard InChI is InChI=1S/C32H29F3N4O/c1-19-14-25-15-24(8-10-27(25)36-19)21-2-4-22(5-3-21)30-37-28-16-26(32(33,34)35)9-11-29(28)39(30)18-20-12-13-38(17-20)31(40)23-6-7-23/h2-5,8-11,14-16,20,23,36H,6-7,12-13,17-18H2,1H3/t20-/m1/s1. The summed E-state index contributed by atoms with van der Waals surface area (Å²) in [5.41, 5.74) is 5.48. The number of alkyl halides is 3. The van der Waals surface area contributed by atoms with Crippen molar-refractivity contribution in [2.24, 2.45) is 11.8 Å². The van der Waals surface area contributed by atoms with Crippen LogP contribution in [0, 0.1) is 18.8 Å². The SMILES string of the molecule is Cc1cc2cc(-c3ccc(-c4nc5cc(C(F)(F)F)ccc5n4C[C@@H]4CCN(C(=O)C5CC5)C4)cc3)ccc2[nH]1. The highest BCUT2D eigenvalue weighted by molar-refractivity contribution is 5.86. The Morgan fingerprint density at radius 3 is 2.45 bits per heavy atom. The van der Waals surface area contributed by atoms with Gasteiger partial charge in [-0.1, -0.05) is 30.3 Å². The van der Waals surface area contributed by atoms with Crippen LogP contribution in [0.25, 0.3) is 44.5 Å². The summed E-state index contributed by atoms with van der Waals surface area (Å²) in [7, 11) is 0. The predicted octanol–water partition coefficient (Wildman–Crippen LogP) is 7.44. The van der Waals surface area contributed by atoms with Crippen LogP contribution in [0.1, 0.15) is 30.5 Å². The molecule has 1 aliphatic heterocycles. The summed E-state index contributed by atoms with van der Waals surface area (Å²) in [5.74, 6) is 1.29. The van der Waals surface area contributed by atoms with Crippen molar-refractivity contribution in [3.05, 3.63) is 78.0 Å². The fourth-order valence-electron chi connectivity index (χ4n) is 6.01. The molecule has 40 heavy (non-hydrogen) atoms. The Morgan fingerprint density at radius 2 is 1.70 bits per heavy atom. The normalized spacial score (nSPS) is 17.8. The van der Waals surface area contributed by atoms with Crippen LogP contribution in [-0.2, 0) is 17.5 Å². The van der Waals surface area contributed by atoms with Gasteiger partial charge < -0.3 is 14.5 Å². The van der Waals surface area contributed by atoms with Crippen LogP contribution in [0.15, 0.2) is 66.7 Å². The molecule has 1 saturated heterocycles. The number of hydrogen-bond donors (Lipinski definition) is 1. The van der Waals surface area contributed by atoms with Crippen molar-refractivity contribution >= 4 is 27.8 Å². The van der Waals surface area contributed by atoms with Crippen molar-refractivity contribution in [2.75, 3.05) is 13.1 Å². The van der Waals surface area contributed by atoms with Gasteiger partial charge in [-0.05, 0) is 79.6 Å². The van der Waals surface area contributed by atoms with Crippen LogP contribution >= 0.6 is 0 Å². The Bertz CT molecular complexity index is 1740. The largest absolute Gasteiger partial charge is 0.416 e. The molecule has 204 valence electrons. The van der Waals surface area contributed by atoms with Gasteiger partial charge in [-0.2, -0.15) is 13.2 Å². The lowest BCUT2D eigenvalue weighted by molar-refractivity contribution is -0.137. The van der Waals surface area contributed by atoms with Gasteiger partial charge in [0.2, 0.25) is 5.91 Å². The number of rotatable bonds is 5. The number of likely N-dealkylation sites (tertiary alicyclic amines) is 1. The number of carbonyl (C=O) groups is 1. The average Bonchev–Trinajstić information content (AvgIpc) is 3.40. The van der Waals surface area contributed by atoms with Crippen LogP contribution < -0.4 is 0 Å². The van der Waals surface area contributed by atoms with E-state index in [1.54, 1.807) is 0 Å². The molecule has 5 nitrogen and oxygen atoms in total. The van der Waals surface area contributed by atoms with E-state index in [1.807, 2.05) is 40.7 Å². The van der Waals surface area contributed by atoms with Crippen molar-refractivity contribution in [1.29, 1.82) is 0 Å². The van der Waals surface area contributed by atoms with E-state index >= 15 is 0 Å². The third-order valence-corrected chi connectivity index (χ3v) is 8.27. The first-order valence-corrected chi connectivity index (χ1v) is 13.8. The third kappa shape index (κ3) is 4.55. The number of aryl methyl sites for hydroxylation is 1. The van der Waals surface area contributed by atoms with Crippen molar-refractivity contribution in [1.82, 2.24) is 19.4 Å². The van der Waals surface area contributed by atoms with Gasteiger partial charge in [0.05, 0.1) is 16.6 Å². The van der Waals surface area contributed by atoms with Gasteiger partial charge >= 0.3 is 6.18 Å². The van der Waals surface area contributed by atoms with Gasteiger partial charge in [0.25, 0.3) is 0 Å². The number of nitrogens with one attached hydrogen (secondary N) is 1. The summed E-state index contributed by atoms with van der Waals surface area (Å²) in [6, 6.07) is 20.3. The van der Waals surface area contributed by atoms with Gasteiger partial charge in [0.15, 0.2) is 0 Å². The average molecular weight is 543 g/mol. The maximum atomic E-state index is 13.5. The number of aromatic nitrogens is 3. The molecule has 0 unspecified atom stereocenters. The van der Waals surface area contributed by atoms with Crippen molar-refractivity contribution in [3.63, 3.8) is 0 Å². The van der Waals surface area contributed by atoms with E-state index in [4.69, 9.17) is 4.98 Å². The van der Waals surface area contributed by atoms with E-state index in [9.17, 15) is 18.0 Å². The first-order valence-electron chi connectivity index (χ1n) is 13.8. The zero-order valence-corrected chi connectivity index (χ0v) is 22.1. The Hall–Kier alpha value is -4.07. The number of hydrogen-bond acceptors (Lipinski definition) is 2. The maximum Gasteiger partial charge on any atom is 0.416 e. The Balaban J connectivity index is 1.23. The molecule has 0 spiro atoms. The van der Waals surface area contributed by atoms with Gasteiger partial charge in [0.1, 0.15) is 5.82 Å². The topological polar surface area (TPSA) is 53.9 Å². The van der Waals surface area contributed by atoms with Crippen LogP contribution in [0.2, 0.25) is 0 Å². The van der Waals surface area contributed by atoms with E-state index in [2.05, 4.69) is 29.2 Å². The van der Waals surface area contributed by atoms with E-state index < -0.39 is 11.7 Å². The molecule has 8 heteroatoms. The van der Waals surface area contributed by atoms with Crippen LogP contribution in [0.4, 0.5) is 13.2 Å². The minimum absolute atomic E-state index is 0.185. The molecule has 1 N–H and O–H groups in total. The fraction of sp³-hybridized carbons (Fsp3) is 0.312. The summed E-state index contributed by atoms with van der Waals surface area (Å²) in [6.45, 7) is 4.04. The monoisotopic (exact) mass is 542 g/mol. The molecule has 2 aromatic heterocycles. The molecule has 7 rings (SSSR count). The first kappa shape index (κ1) is 24.9. The number of fused-ring (bicyclic) bond motifs is 2. The Morgan fingerprint density at radius 1 is 0.950 bits per heavy atom. The lowest BCUT2D eigenvalue weighted by atomic mass is 10.0. The second-order valence-corrected chi connectivity index (χ2v) is 11.3. The minimum Gasteiger partial charge on any atom is -0.359 e. The zero-order valence-electron chi connectivity index (χ0n) is 22.1. The molecule has 5 aromatic rings. The quantitative estimate of drug-likeness (QED) is 0.251. The Labute approximate surface area is 229 Å². The number of imidazole rings is 1. The van der Waals surface area contributed by atoms with E-state index in [0.29, 0.717) is 29.9 Å². The smallest absolute Gasteiger partial charge is 0.359 e. The minimum atomic E-state index is -4.44. The first-order chi connectivity index (χ1) is 19.2. The summed E-state index contributed by atoms with van der Waals surface area (Å²) < 4.78 is 42.5. The predicted molar refractivity (Wildman–Crippen MR) is 150 cm³/mol. The molecule has 1 aliphatic carbocycles. The third-order valence-electron chi connectivity index (χ3n) is 8.27. The molecular formula is C32H29F3N4O. The number of aromatic amines is 1. The maximum absolute atomic E-state index is 13.5. The van der Waals surface area contributed by atoms with Crippen molar-refractivity contribution < 1.29 is 18.0 Å². The number of amides is 1. The highest BCUT2D eigenvalue weighted by Gasteiger charge is 2.37. The van der Waals surface area contributed by atoms with Crippen molar-refractivity contribution in [2.45, 2.75) is 38.9 Å². The molecule has 0 bridgehead atoms. The lowest BCUT2D eigenvalue weighted by Gasteiger charge is -2.18. The van der Waals surface area contributed by atoms with Gasteiger partial charge in [-0.3, -0.25) is 4.79 Å². The van der Waals surface area contributed by atoms with Gasteiger partial charge in [-0.15, -0.1) is 0 Å². The molecular weight excluding hydrogens is 513 g/mol. The molecule has 1 saturated carbocycles. The lowest BCUT2D eigenvalue weighted by Crippen LogP contribution is -2.30. The van der Waals surface area contributed by atoms with Crippen LogP contribution in [0.5, 0.6) is 0 Å². The number of H-pyrrole nitrogens is 1. The molecule has 1 atom stereocenters. The van der Waals surface area contributed by atoms with Gasteiger partial charge in [-0.25, -0.2) is 4.98 Å². The molecule has 1 amide bonds. The van der Waals surface area contributed by atoms with Gasteiger partial charge in [0, 0.05) is 47.7 Å². The van der Waals surface area contributed by atoms with E-state index in [-0.39, 0.29) is 17.7 Å². The highest BCUT2D eigenvalue weighted by Crippen LogP contribution is 2.36. The van der Waals surface area contributed by atoms with E-state index in [1.165, 1.54) is 6.07 Å².